The zero-order valence-electron chi connectivity index (χ0n) is 11.0. The van der Waals surface area contributed by atoms with Gasteiger partial charge in [0.05, 0.1) is 5.60 Å². The van der Waals surface area contributed by atoms with Crippen molar-refractivity contribution in [3.63, 3.8) is 0 Å². The van der Waals surface area contributed by atoms with E-state index in [0.29, 0.717) is 0 Å². The average molecular weight is 232 g/mol. The second-order valence-electron chi connectivity index (χ2n) is 5.19. The fourth-order valence-electron chi connectivity index (χ4n) is 1.89. The molecule has 0 aliphatic heterocycles. The maximum atomic E-state index is 10.5. The number of allylic oxidation sites excluding steroid dienone is 1. The lowest BCUT2D eigenvalue weighted by molar-refractivity contribution is -0.386. The number of hydrogen-bond donors (Lipinski definition) is 3. The van der Waals surface area contributed by atoms with Crippen LogP contribution in [0.5, 0.6) is 0 Å². The van der Waals surface area contributed by atoms with Crippen LogP contribution in [-0.4, -0.2) is 32.3 Å². The highest BCUT2D eigenvalue weighted by Gasteiger charge is 2.58. The number of aliphatic hydroxyl groups is 2. The SMILES string of the molecule is C/C=C/C(OO)(C(C)(C)O)C(C)(O)C(C)C. The van der Waals surface area contributed by atoms with Gasteiger partial charge in [0.25, 0.3) is 0 Å². The molecule has 0 aliphatic carbocycles. The Kier molecular flexibility index (Phi) is 4.71. The van der Waals surface area contributed by atoms with Crippen molar-refractivity contribution in [2.24, 2.45) is 5.92 Å². The molecule has 96 valence electrons. The first-order valence-corrected chi connectivity index (χ1v) is 5.48. The molecule has 3 N–H and O–H groups in total. The van der Waals surface area contributed by atoms with Gasteiger partial charge in [-0.2, -0.15) is 0 Å². The van der Waals surface area contributed by atoms with Crippen LogP contribution in [-0.2, 0) is 4.89 Å². The summed E-state index contributed by atoms with van der Waals surface area (Å²) in [5.41, 5.74) is -4.41. The fraction of sp³-hybridized carbons (Fsp3) is 0.833. The molecule has 0 saturated heterocycles. The molecule has 0 rings (SSSR count). The Morgan fingerprint density at radius 3 is 1.75 bits per heavy atom. The van der Waals surface area contributed by atoms with Gasteiger partial charge in [-0.3, -0.25) is 5.26 Å². The molecule has 0 bridgehead atoms. The third kappa shape index (κ3) is 2.30. The largest absolute Gasteiger partial charge is 0.387 e. The first kappa shape index (κ1) is 15.6. The van der Waals surface area contributed by atoms with Crippen molar-refractivity contribution in [1.82, 2.24) is 0 Å². The summed E-state index contributed by atoms with van der Waals surface area (Å²) in [4.78, 5) is 4.48. The second-order valence-corrected chi connectivity index (χ2v) is 5.19. The minimum atomic E-state index is -1.57. The third-order valence-corrected chi connectivity index (χ3v) is 3.33. The minimum absolute atomic E-state index is 0.206. The molecule has 16 heavy (non-hydrogen) atoms. The molecular formula is C12H24O4. The molecule has 0 amide bonds. The Labute approximate surface area is 97.5 Å². The van der Waals surface area contributed by atoms with Gasteiger partial charge < -0.3 is 10.2 Å². The highest BCUT2D eigenvalue weighted by atomic mass is 17.1. The highest BCUT2D eigenvalue weighted by Crippen LogP contribution is 2.41. The molecule has 0 fully saturated rings. The lowest BCUT2D eigenvalue weighted by atomic mass is 9.68. The van der Waals surface area contributed by atoms with Crippen LogP contribution in [0.2, 0.25) is 0 Å². The van der Waals surface area contributed by atoms with E-state index in [-0.39, 0.29) is 5.92 Å². The van der Waals surface area contributed by atoms with Crippen LogP contribution in [0.25, 0.3) is 0 Å². The Balaban J connectivity index is 5.74. The van der Waals surface area contributed by atoms with Gasteiger partial charge in [-0.05, 0) is 39.7 Å². The smallest absolute Gasteiger partial charge is 0.177 e. The van der Waals surface area contributed by atoms with Crippen LogP contribution in [0, 0.1) is 5.92 Å². The van der Waals surface area contributed by atoms with Gasteiger partial charge in [0.15, 0.2) is 5.60 Å². The molecule has 0 aromatic rings. The molecule has 4 nitrogen and oxygen atoms in total. The molecule has 4 heteroatoms. The van der Waals surface area contributed by atoms with Crippen LogP contribution in [0.4, 0.5) is 0 Å². The normalized spacial score (nSPS) is 21.1. The van der Waals surface area contributed by atoms with Gasteiger partial charge in [-0.15, -0.1) is 0 Å². The van der Waals surface area contributed by atoms with Crippen LogP contribution in [0.15, 0.2) is 12.2 Å². The zero-order chi connectivity index (χ0) is 13.2. The minimum Gasteiger partial charge on any atom is -0.387 e. The topological polar surface area (TPSA) is 69.9 Å². The van der Waals surface area contributed by atoms with Crippen molar-refractivity contribution < 1.29 is 20.4 Å². The highest BCUT2D eigenvalue weighted by molar-refractivity contribution is 5.19. The quantitative estimate of drug-likeness (QED) is 0.385. The van der Waals surface area contributed by atoms with Gasteiger partial charge in [0.1, 0.15) is 5.60 Å². The van der Waals surface area contributed by atoms with Gasteiger partial charge in [-0.25, -0.2) is 4.89 Å². The summed E-state index contributed by atoms with van der Waals surface area (Å²) in [6, 6.07) is 0. The van der Waals surface area contributed by atoms with Crippen LogP contribution >= 0.6 is 0 Å². The van der Waals surface area contributed by atoms with Crippen molar-refractivity contribution in [1.29, 1.82) is 0 Å². The fourth-order valence-corrected chi connectivity index (χ4v) is 1.89. The van der Waals surface area contributed by atoms with Crippen molar-refractivity contribution in [2.75, 3.05) is 0 Å². The third-order valence-electron chi connectivity index (χ3n) is 3.33. The molecule has 0 aromatic heterocycles. The van der Waals surface area contributed by atoms with Gasteiger partial charge in [0, 0.05) is 0 Å². The Morgan fingerprint density at radius 1 is 1.12 bits per heavy atom. The summed E-state index contributed by atoms with van der Waals surface area (Å²) in [7, 11) is 0. The summed E-state index contributed by atoms with van der Waals surface area (Å²) < 4.78 is 0. The van der Waals surface area contributed by atoms with E-state index in [4.69, 9.17) is 5.26 Å². The second kappa shape index (κ2) is 4.84. The predicted molar refractivity (Wildman–Crippen MR) is 63.0 cm³/mol. The van der Waals surface area contributed by atoms with E-state index in [1.54, 1.807) is 26.8 Å². The van der Waals surface area contributed by atoms with Gasteiger partial charge >= 0.3 is 0 Å². The molecule has 0 spiro atoms. The Morgan fingerprint density at radius 2 is 1.56 bits per heavy atom. The van der Waals surface area contributed by atoms with Crippen molar-refractivity contribution in [2.45, 2.75) is 58.3 Å². The van der Waals surface area contributed by atoms with Crippen LogP contribution in [0.3, 0.4) is 0 Å². The standard InChI is InChI=1S/C12H24O4/c1-7-8-12(16-15,10(4,5)13)11(6,14)9(2)3/h7-9,13-15H,1-6H3/b8-7+. The molecule has 0 heterocycles. The Bertz CT molecular complexity index is 250. The lowest BCUT2D eigenvalue weighted by Crippen LogP contribution is -2.66. The molecule has 0 aromatic carbocycles. The van der Waals surface area contributed by atoms with Gasteiger partial charge in [0.2, 0.25) is 0 Å². The van der Waals surface area contributed by atoms with E-state index in [9.17, 15) is 10.2 Å². The van der Waals surface area contributed by atoms with E-state index in [1.807, 2.05) is 0 Å². The van der Waals surface area contributed by atoms with Crippen LogP contribution < -0.4 is 0 Å². The maximum absolute atomic E-state index is 10.5. The summed E-state index contributed by atoms with van der Waals surface area (Å²) >= 11 is 0. The summed E-state index contributed by atoms with van der Waals surface area (Å²) in [5, 5.41) is 29.8. The van der Waals surface area contributed by atoms with E-state index < -0.39 is 16.8 Å². The summed E-state index contributed by atoms with van der Waals surface area (Å²) in [6.07, 6.45) is 3.11. The van der Waals surface area contributed by atoms with E-state index in [0.717, 1.165) is 0 Å². The molecular weight excluding hydrogens is 208 g/mol. The monoisotopic (exact) mass is 232 g/mol. The predicted octanol–water partition coefficient (Wildman–Crippen LogP) is 1.97. The maximum Gasteiger partial charge on any atom is 0.177 e. The van der Waals surface area contributed by atoms with E-state index in [1.165, 1.54) is 26.8 Å². The van der Waals surface area contributed by atoms with Crippen LogP contribution in [0.1, 0.15) is 41.5 Å². The molecule has 0 saturated carbocycles. The van der Waals surface area contributed by atoms with Crippen molar-refractivity contribution >= 4 is 0 Å². The van der Waals surface area contributed by atoms with Crippen molar-refractivity contribution in [3.8, 4) is 0 Å². The molecule has 0 aliphatic rings. The average Bonchev–Trinajstić information content (AvgIpc) is 2.11. The zero-order valence-corrected chi connectivity index (χ0v) is 11.0. The molecule has 2 atom stereocenters. The van der Waals surface area contributed by atoms with Crippen molar-refractivity contribution in [3.05, 3.63) is 12.2 Å². The van der Waals surface area contributed by atoms with E-state index >= 15 is 0 Å². The summed E-state index contributed by atoms with van der Waals surface area (Å²) in [6.45, 7) is 9.83. The molecule has 2 unspecified atom stereocenters. The molecule has 0 radical (unpaired) electrons. The number of rotatable bonds is 5. The van der Waals surface area contributed by atoms with E-state index in [2.05, 4.69) is 4.89 Å². The lowest BCUT2D eigenvalue weighted by Gasteiger charge is -2.49. The Hall–Kier alpha value is -0.420. The first-order valence-electron chi connectivity index (χ1n) is 5.48. The summed E-state index contributed by atoms with van der Waals surface area (Å²) in [5.74, 6) is -0.206. The van der Waals surface area contributed by atoms with Gasteiger partial charge in [-0.1, -0.05) is 19.9 Å². The number of hydrogen-bond acceptors (Lipinski definition) is 4. The first-order chi connectivity index (χ1) is 7.06.